The largest absolute Gasteiger partial charge is 0.478 e. The van der Waals surface area contributed by atoms with Crippen molar-refractivity contribution in [3.63, 3.8) is 0 Å². The van der Waals surface area contributed by atoms with Crippen LogP contribution < -0.4 is 4.74 Å². The van der Waals surface area contributed by atoms with Gasteiger partial charge in [0.25, 0.3) is 0 Å². The molecule has 4 nitrogen and oxygen atoms in total. The highest BCUT2D eigenvalue weighted by Crippen LogP contribution is 2.17. The summed E-state index contributed by atoms with van der Waals surface area (Å²) >= 11 is 0. The zero-order chi connectivity index (χ0) is 13.5. The van der Waals surface area contributed by atoms with Crippen LogP contribution in [-0.4, -0.2) is 18.7 Å². The molecule has 1 atom stereocenters. The first-order chi connectivity index (χ1) is 8.58. The van der Waals surface area contributed by atoms with Gasteiger partial charge in [0.2, 0.25) is 0 Å². The van der Waals surface area contributed by atoms with E-state index >= 15 is 0 Å². The van der Waals surface area contributed by atoms with E-state index in [9.17, 15) is 4.79 Å². The van der Waals surface area contributed by atoms with E-state index in [-0.39, 0.29) is 11.9 Å². The molecule has 0 heterocycles. The molecule has 4 heteroatoms. The van der Waals surface area contributed by atoms with E-state index in [1.165, 1.54) is 0 Å². The van der Waals surface area contributed by atoms with Crippen molar-refractivity contribution in [3.05, 3.63) is 29.8 Å². The lowest BCUT2D eigenvalue weighted by molar-refractivity contribution is -0.153. The molecule has 0 saturated carbocycles. The molecule has 1 aromatic carbocycles. The lowest BCUT2D eigenvalue weighted by Crippen LogP contribution is -2.34. The monoisotopic (exact) mass is 247 g/mol. The Labute approximate surface area is 107 Å². The maximum atomic E-state index is 11.7. The van der Waals surface area contributed by atoms with Gasteiger partial charge in [-0.25, -0.2) is 4.79 Å². The van der Waals surface area contributed by atoms with Gasteiger partial charge >= 0.3 is 5.97 Å². The fraction of sp³-hybridized carbons (Fsp3) is 0.429. The van der Waals surface area contributed by atoms with Crippen LogP contribution in [0.3, 0.4) is 0 Å². The molecule has 0 amide bonds. The zero-order valence-electron chi connectivity index (χ0n) is 10.8. The van der Waals surface area contributed by atoms with Crippen molar-refractivity contribution in [2.45, 2.75) is 26.9 Å². The van der Waals surface area contributed by atoms with E-state index in [1.807, 2.05) is 19.9 Å². The minimum Gasteiger partial charge on any atom is -0.478 e. The molecular weight excluding hydrogens is 230 g/mol. The number of benzene rings is 1. The van der Waals surface area contributed by atoms with Crippen LogP contribution in [0.4, 0.5) is 0 Å². The minimum atomic E-state index is -0.627. The highest BCUT2D eigenvalue weighted by molar-refractivity contribution is 5.75. The molecule has 1 unspecified atom stereocenters. The standard InChI is InChI=1S/C14H17NO3/c1-4-17-14(16)13(10(2)3)18-12-7-5-11(9-15)6-8-12/h5-8,10,13H,4H2,1-3H3. The molecule has 0 radical (unpaired) electrons. The van der Waals surface area contributed by atoms with E-state index in [4.69, 9.17) is 14.7 Å². The van der Waals surface area contributed by atoms with Crippen LogP contribution in [0.15, 0.2) is 24.3 Å². The molecule has 1 aromatic rings. The summed E-state index contributed by atoms with van der Waals surface area (Å²) in [7, 11) is 0. The summed E-state index contributed by atoms with van der Waals surface area (Å²) in [4.78, 5) is 11.7. The van der Waals surface area contributed by atoms with Crippen LogP contribution >= 0.6 is 0 Å². The normalized spacial score (nSPS) is 11.7. The first-order valence-corrected chi connectivity index (χ1v) is 5.92. The highest BCUT2D eigenvalue weighted by atomic mass is 16.6. The summed E-state index contributed by atoms with van der Waals surface area (Å²) in [5.41, 5.74) is 0.555. The Kier molecular flexibility index (Phi) is 5.19. The Bertz CT molecular complexity index is 431. The average molecular weight is 247 g/mol. The summed E-state index contributed by atoms with van der Waals surface area (Å²) in [6, 6.07) is 8.68. The fourth-order valence-corrected chi connectivity index (χ4v) is 1.44. The second-order valence-electron chi connectivity index (χ2n) is 4.17. The van der Waals surface area contributed by atoms with Gasteiger partial charge in [0.05, 0.1) is 18.2 Å². The Morgan fingerprint density at radius 1 is 1.33 bits per heavy atom. The Morgan fingerprint density at radius 2 is 1.94 bits per heavy atom. The van der Waals surface area contributed by atoms with E-state index in [0.717, 1.165) is 0 Å². The molecule has 0 spiro atoms. The van der Waals surface area contributed by atoms with Crippen LogP contribution in [0.25, 0.3) is 0 Å². The zero-order valence-corrected chi connectivity index (χ0v) is 10.8. The van der Waals surface area contributed by atoms with Gasteiger partial charge < -0.3 is 9.47 Å². The van der Waals surface area contributed by atoms with Crippen molar-refractivity contribution in [2.75, 3.05) is 6.61 Å². The van der Waals surface area contributed by atoms with Crippen molar-refractivity contribution in [2.24, 2.45) is 5.92 Å². The first-order valence-electron chi connectivity index (χ1n) is 5.92. The van der Waals surface area contributed by atoms with E-state index in [2.05, 4.69) is 0 Å². The predicted octanol–water partition coefficient (Wildman–Crippen LogP) is 2.52. The summed E-state index contributed by atoms with van der Waals surface area (Å²) in [5.74, 6) is 0.206. The average Bonchev–Trinajstić information content (AvgIpc) is 2.36. The molecule has 0 saturated heterocycles. The number of carbonyl (C=O) groups excluding carboxylic acids is 1. The van der Waals surface area contributed by atoms with Crippen molar-refractivity contribution < 1.29 is 14.3 Å². The van der Waals surface area contributed by atoms with Gasteiger partial charge in [-0.3, -0.25) is 0 Å². The fourth-order valence-electron chi connectivity index (χ4n) is 1.44. The molecule has 0 fully saturated rings. The number of esters is 1. The van der Waals surface area contributed by atoms with Gasteiger partial charge in [-0.2, -0.15) is 5.26 Å². The van der Waals surface area contributed by atoms with Crippen molar-refractivity contribution in [1.29, 1.82) is 5.26 Å². The third-order valence-electron chi connectivity index (χ3n) is 2.37. The van der Waals surface area contributed by atoms with E-state index in [0.29, 0.717) is 17.9 Å². The second-order valence-corrected chi connectivity index (χ2v) is 4.17. The molecule has 0 aromatic heterocycles. The third-order valence-corrected chi connectivity index (χ3v) is 2.37. The summed E-state index contributed by atoms with van der Waals surface area (Å²) in [5, 5.41) is 8.69. The number of nitrogens with zero attached hydrogens (tertiary/aromatic N) is 1. The number of rotatable bonds is 5. The Hall–Kier alpha value is -2.02. The lowest BCUT2D eigenvalue weighted by Gasteiger charge is -2.20. The van der Waals surface area contributed by atoms with E-state index < -0.39 is 6.10 Å². The van der Waals surface area contributed by atoms with Gasteiger partial charge in [0.1, 0.15) is 5.75 Å². The molecule has 18 heavy (non-hydrogen) atoms. The van der Waals surface area contributed by atoms with Gasteiger partial charge in [-0.15, -0.1) is 0 Å². The Morgan fingerprint density at radius 3 is 2.39 bits per heavy atom. The van der Waals surface area contributed by atoms with Crippen molar-refractivity contribution in [1.82, 2.24) is 0 Å². The molecule has 96 valence electrons. The Balaban J connectivity index is 2.77. The van der Waals surface area contributed by atoms with Gasteiger partial charge in [-0.1, -0.05) is 13.8 Å². The minimum absolute atomic E-state index is 0.0136. The summed E-state index contributed by atoms with van der Waals surface area (Å²) in [6.07, 6.45) is -0.627. The van der Waals surface area contributed by atoms with Crippen LogP contribution in [0, 0.1) is 17.2 Å². The molecule has 0 aliphatic heterocycles. The van der Waals surface area contributed by atoms with Crippen LogP contribution in [0.2, 0.25) is 0 Å². The van der Waals surface area contributed by atoms with E-state index in [1.54, 1.807) is 31.2 Å². The number of carbonyl (C=O) groups is 1. The van der Waals surface area contributed by atoms with Crippen LogP contribution in [0.1, 0.15) is 26.3 Å². The van der Waals surface area contributed by atoms with Gasteiger partial charge in [0, 0.05) is 5.92 Å². The maximum absolute atomic E-state index is 11.7. The quantitative estimate of drug-likeness (QED) is 0.750. The summed E-state index contributed by atoms with van der Waals surface area (Å²) in [6.45, 7) is 5.88. The predicted molar refractivity (Wildman–Crippen MR) is 67.0 cm³/mol. The molecule has 0 bridgehead atoms. The molecular formula is C14H17NO3. The lowest BCUT2D eigenvalue weighted by atomic mass is 10.1. The molecule has 0 N–H and O–H groups in total. The molecule has 1 rings (SSSR count). The second kappa shape index (κ2) is 6.65. The smallest absolute Gasteiger partial charge is 0.347 e. The number of ether oxygens (including phenoxy) is 2. The number of nitriles is 1. The van der Waals surface area contributed by atoms with Crippen LogP contribution in [0.5, 0.6) is 5.75 Å². The van der Waals surface area contributed by atoms with Gasteiger partial charge in [0.15, 0.2) is 6.10 Å². The first kappa shape index (κ1) is 14.0. The summed E-state index contributed by atoms with van der Waals surface area (Å²) < 4.78 is 10.6. The molecule has 0 aliphatic carbocycles. The SMILES string of the molecule is CCOC(=O)C(Oc1ccc(C#N)cc1)C(C)C. The highest BCUT2D eigenvalue weighted by Gasteiger charge is 2.25. The maximum Gasteiger partial charge on any atom is 0.347 e. The van der Waals surface area contributed by atoms with Gasteiger partial charge in [-0.05, 0) is 31.2 Å². The molecule has 0 aliphatic rings. The third kappa shape index (κ3) is 3.77. The number of hydrogen-bond donors (Lipinski definition) is 0. The number of hydrogen-bond acceptors (Lipinski definition) is 4. The van der Waals surface area contributed by atoms with Crippen molar-refractivity contribution in [3.8, 4) is 11.8 Å². The topological polar surface area (TPSA) is 59.3 Å². The van der Waals surface area contributed by atoms with Crippen molar-refractivity contribution >= 4 is 5.97 Å². The van der Waals surface area contributed by atoms with Crippen LogP contribution in [-0.2, 0) is 9.53 Å².